The van der Waals surface area contributed by atoms with Crippen LogP contribution in [0.15, 0.2) is 54.6 Å². The third-order valence-corrected chi connectivity index (χ3v) is 5.16. The van der Waals surface area contributed by atoms with E-state index in [1.807, 2.05) is 55.5 Å². The molecule has 0 unspecified atom stereocenters. The highest BCUT2D eigenvalue weighted by Crippen LogP contribution is 2.27. The Hall–Kier alpha value is -3.28. The quantitative estimate of drug-likeness (QED) is 0.694. The molecule has 1 N–H and O–H groups in total. The molecule has 2 aromatic carbocycles. The van der Waals surface area contributed by atoms with Crippen molar-refractivity contribution in [1.29, 1.82) is 0 Å². The van der Waals surface area contributed by atoms with Gasteiger partial charge in [0, 0.05) is 12.3 Å². The second-order valence-electron chi connectivity index (χ2n) is 7.36. The van der Waals surface area contributed by atoms with Crippen LogP contribution in [0.1, 0.15) is 25.5 Å². The molecule has 0 saturated carbocycles. The first-order chi connectivity index (χ1) is 14.0. The van der Waals surface area contributed by atoms with E-state index in [1.165, 1.54) is 6.92 Å². The number of methoxy groups -OCH3 is 1. The second kappa shape index (κ2) is 7.99. The fourth-order valence-electron chi connectivity index (χ4n) is 3.51. The predicted octanol–water partition coefficient (Wildman–Crippen LogP) is 3.71. The molecule has 6 heteroatoms. The largest absolute Gasteiger partial charge is 0.497 e. The normalized spacial score (nSPS) is 14.9. The summed E-state index contributed by atoms with van der Waals surface area (Å²) in [6, 6.07) is 17.9. The molecule has 150 valence electrons. The van der Waals surface area contributed by atoms with Crippen molar-refractivity contribution in [3.63, 3.8) is 0 Å². The number of hydrogen-bond donors (Lipinski definition) is 1. The number of hydrogen-bond acceptors (Lipinski definition) is 5. The van der Waals surface area contributed by atoms with Crippen LogP contribution in [0.3, 0.4) is 0 Å². The molecule has 1 aliphatic rings. The molecule has 3 aromatic rings. The third kappa shape index (κ3) is 4.26. The lowest BCUT2D eigenvalue weighted by atomic mass is 10.1. The Kier molecular flexibility index (Phi) is 5.25. The van der Waals surface area contributed by atoms with Crippen LogP contribution >= 0.6 is 0 Å². The SMILES string of the molecule is COc1ccc2nc(N3CC(Oc4ccc([C@H](C)NC(C)=O)cc4)C3)ccc2c1. The van der Waals surface area contributed by atoms with Gasteiger partial charge in [0.2, 0.25) is 5.91 Å². The van der Waals surface area contributed by atoms with E-state index in [9.17, 15) is 4.79 Å². The lowest BCUT2D eigenvalue weighted by Crippen LogP contribution is -2.54. The fraction of sp³-hybridized carbons (Fsp3) is 0.304. The van der Waals surface area contributed by atoms with Crippen molar-refractivity contribution in [2.45, 2.75) is 26.0 Å². The van der Waals surface area contributed by atoms with E-state index in [0.717, 1.165) is 46.9 Å². The highest BCUT2D eigenvalue weighted by molar-refractivity contribution is 5.82. The summed E-state index contributed by atoms with van der Waals surface area (Å²) < 4.78 is 11.3. The van der Waals surface area contributed by atoms with Crippen molar-refractivity contribution in [2.24, 2.45) is 0 Å². The number of pyridine rings is 1. The third-order valence-electron chi connectivity index (χ3n) is 5.16. The zero-order valence-corrected chi connectivity index (χ0v) is 16.9. The molecule has 0 radical (unpaired) electrons. The molecule has 1 saturated heterocycles. The van der Waals surface area contributed by atoms with Gasteiger partial charge in [-0.25, -0.2) is 4.98 Å². The molecule has 0 bridgehead atoms. The minimum absolute atomic E-state index is 0.0142. The average Bonchev–Trinajstić information content (AvgIpc) is 2.69. The molecule has 1 amide bonds. The molecule has 29 heavy (non-hydrogen) atoms. The van der Waals surface area contributed by atoms with Crippen LogP contribution in [0.25, 0.3) is 10.9 Å². The van der Waals surface area contributed by atoms with Gasteiger partial charge in [0.25, 0.3) is 0 Å². The summed E-state index contributed by atoms with van der Waals surface area (Å²) in [4.78, 5) is 18.1. The molecule has 1 aromatic heterocycles. The first kappa shape index (κ1) is 19.1. The molecular formula is C23H25N3O3. The maximum Gasteiger partial charge on any atom is 0.217 e. The second-order valence-corrected chi connectivity index (χ2v) is 7.36. The van der Waals surface area contributed by atoms with Crippen molar-refractivity contribution in [2.75, 3.05) is 25.1 Å². The number of carbonyl (C=O) groups excluding carboxylic acids is 1. The molecule has 6 nitrogen and oxygen atoms in total. The van der Waals surface area contributed by atoms with E-state index in [0.29, 0.717) is 0 Å². The maximum absolute atomic E-state index is 11.2. The number of nitrogens with one attached hydrogen (secondary N) is 1. The van der Waals surface area contributed by atoms with Crippen LogP contribution in [0.4, 0.5) is 5.82 Å². The van der Waals surface area contributed by atoms with Gasteiger partial charge in [0.05, 0.1) is 31.8 Å². The maximum atomic E-state index is 11.2. The molecule has 0 aliphatic carbocycles. The van der Waals surface area contributed by atoms with Gasteiger partial charge in [0.15, 0.2) is 0 Å². The lowest BCUT2D eigenvalue weighted by Gasteiger charge is -2.39. The first-order valence-electron chi connectivity index (χ1n) is 9.75. The van der Waals surface area contributed by atoms with Crippen LogP contribution in [0, 0.1) is 0 Å². The van der Waals surface area contributed by atoms with Crippen molar-refractivity contribution in [3.8, 4) is 11.5 Å². The van der Waals surface area contributed by atoms with Crippen LogP contribution in [0.5, 0.6) is 11.5 Å². The Balaban J connectivity index is 1.34. The summed E-state index contributed by atoms with van der Waals surface area (Å²) in [7, 11) is 1.67. The van der Waals surface area contributed by atoms with Crippen molar-refractivity contribution in [3.05, 3.63) is 60.2 Å². The number of ether oxygens (including phenoxy) is 2. The zero-order valence-electron chi connectivity index (χ0n) is 16.9. The van der Waals surface area contributed by atoms with Gasteiger partial charge in [-0.15, -0.1) is 0 Å². The van der Waals surface area contributed by atoms with Gasteiger partial charge in [0.1, 0.15) is 23.4 Å². The van der Waals surface area contributed by atoms with Gasteiger partial charge < -0.3 is 19.7 Å². The van der Waals surface area contributed by atoms with Crippen molar-refractivity contribution < 1.29 is 14.3 Å². The predicted molar refractivity (Wildman–Crippen MR) is 114 cm³/mol. The minimum Gasteiger partial charge on any atom is -0.497 e. The summed E-state index contributed by atoms with van der Waals surface area (Å²) in [6.07, 6.45) is 0.141. The fourth-order valence-corrected chi connectivity index (χ4v) is 3.51. The highest BCUT2D eigenvalue weighted by atomic mass is 16.5. The number of benzene rings is 2. The van der Waals surface area contributed by atoms with Crippen LogP contribution in [0.2, 0.25) is 0 Å². The zero-order chi connectivity index (χ0) is 20.4. The Morgan fingerprint density at radius 1 is 1.10 bits per heavy atom. The standard InChI is InChI=1S/C23H25N3O3/c1-15(24-16(2)27)17-4-7-19(8-5-17)29-21-13-26(14-21)23-11-6-18-12-20(28-3)9-10-22(18)25-23/h4-12,15,21H,13-14H2,1-3H3,(H,24,27)/t15-/m0/s1. The van der Waals surface area contributed by atoms with E-state index < -0.39 is 0 Å². The summed E-state index contributed by atoms with van der Waals surface area (Å²) in [5, 5.41) is 3.95. The van der Waals surface area contributed by atoms with Crippen LogP contribution in [-0.4, -0.2) is 37.2 Å². The summed E-state index contributed by atoms with van der Waals surface area (Å²) in [5.74, 6) is 2.60. The van der Waals surface area contributed by atoms with Gasteiger partial charge in [-0.3, -0.25) is 4.79 Å². The number of rotatable bonds is 6. The number of anilines is 1. The molecular weight excluding hydrogens is 366 g/mol. The number of aromatic nitrogens is 1. The minimum atomic E-state index is -0.0335. The number of amides is 1. The van der Waals surface area contributed by atoms with E-state index in [4.69, 9.17) is 14.5 Å². The number of carbonyl (C=O) groups is 1. The van der Waals surface area contributed by atoms with E-state index in [1.54, 1.807) is 7.11 Å². The molecule has 1 fully saturated rings. The molecule has 1 aliphatic heterocycles. The Morgan fingerprint density at radius 2 is 1.83 bits per heavy atom. The summed E-state index contributed by atoms with van der Waals surface area (Å²) in [6.45, 7) is 5.10. The molecule has 4 rings (SSSR count). The van der Waals surface area contributed by atoms with Crippen molar-refractivity contribution >= 4 is 22.6 Å². The Morgan fingerprint density at radius 3 is 2.52 bits per heavy atom. The van der Waals surface area contributed by atoms with E-state index >= 15 is 0 Å². The first-order valence-corrected chi connectivity index (χ1v) is 9.75. The number of fused-ring (bicyclic) bond motifs is 1. The smallest absolute Gasteiger partial charge is 0.217 e. The van der Waals surface area contributed by atoms with Gasteiger partial charge in [-0.05, 0) is 55.0 Å². The highest BCUT2D eigenvalue weighted by Gasteiger charge is 2.29. The Labute approximate surface area is 170 Å². The molecule has 0 spiro atoms. The average molecular weight is 391 g/mol. The lowest BCUT2D eigenvalue weighted by molar-refractivity contribution is -0.119. The van der Waals surface area contributed by atoms with Gasteiger partial charge in [-0.1, -0.05) is 12.1 Å². The molecule has 1 atom stereocenters. The topological polar surface area (TPSA) is 63.7 Å². The van der Waals surface area contributed by atoms with Gasteiger partial charge in [-0.2, -0.15) is 0 Å². The molecule has 2 heterocycles. The van der Waals surface area contributed by atoms with Crippen LogP contribution < -0.4 is 19.7 Å². The van der Waals surface area contributed by atoms with Crippen LogP contribution in [-0.2, 0) is 4.79 Å². The van der Waals surface area contributed by atoms with Crippen molar-refractivity contribution in [1.82, 2.24) is 10.3 Å². The Bertz CT molecular complexity index is 1010. The van der Waals surface area contributed by atoms with E-state index in [2.05, 4.69) is 16.3 Å². The number of nitrogens with zero attached hydrogens (tertiary/aromatic N) is 2. The summed E-state index contributed by atoms with van der Waals surface area (Å²) >= 11 is 0. The van der Waals surface area contributed by atoms with E-state index in [-0.39, 0.29) is 18.1 Å². The summed E-state index contributed by atoms with van der Waals surface area (Å²) in [5.41, 5.74) is 2.01. The monoisotopic (exact) mass is 391 g/mol. The van der Waals surface area contributed by atoms with Gasteiger partial charge >= 0.3 is 0 Å².